The Balaban J connectivity index is 1.33. The average Bonchev–Trinajstić information content (AvgIpc) is 3.15. The summed E-state index contributed by atoms with van der Waals surface area (Å²) in [5.74, 6) is 0.955. The predicted octanol–water partition coefficient (Wildman–Crippen LogP) is 7.12. The van der Waals surface area contributed by atoms with Crippen molar-refractivity contribution in [2.75, 3.05) is 24.3 Å². The van der Waals surface area contributed by atoms with Gasteiger partial charge in [-0.1, -0.05) is 24.3 Å². The third-order valence-electron chi connectivity index (χ3n) is 7.64. The number of carbonyl (C=O) groups excluding carboxylic acids is 1. The molecular weight excluding hydrogens is 462 g/mol. The normalized spacial score (nSPS) is 16.5. The van der Waals surface area contributed by atoms with E-state index >= 15 is 0 Å². The van der Waals surface area contributed by atoms with Gasteiger partial charge in [-0.15, -0.1) is 0 Å². The fourth-order valence-corrected chi connectivity index (χ4v) is 5.39. The van der Waals surface area contributed by atoms with E-state index in [0.29, 0.717) is 11.6 Å². The van der Waals surface area contributed by atoms with Crippen LogP contribution in [0.3, 0.4) is 0 Å². The number of nitrogen functional groups attached to an aromatic ring is 1. The molecule has 2 aliphatic rings. The van der Waals surface area contributed by atoms with Crippen molar-refractivity contribution in [2.45, 2.75) is 51.2 Å². The number of benzene rings is 3. The highest BCUT2D eigenvalue weighted by atomic mass is 16.5. The standard InChI is InChI=1S/C31H33N3O3/c1-20(35)22-4-2-5-24(18-22)33-23-10-8-21(9-11-23)31-30(32)28-13-12-27(37-26-14-16-36-17-15-26)19-29(28)34(31)25-6-3-7-25/h2,4-5,8-13,18-19,25-26,33H,3,6-7,14-17,32H2,1H3. The number of ether oxygens (including phenoxy) is 2. The van der Waals surface area contributed by atoms with Crippen LogP contribution in [0, 0.1) is 0 Å². The minimum absolute atomic E-state index is 0.0552. The number of anilines is 3. The van der Waals surface area contributed by atoms with Crippen LogP contribution < -0.4 is 15.8 Å². The monoisotopic (exact) mass is 495 g/mol. The molecule has 3 aromatic carbocycles. The van der Waals surface area contributed by atoms with E-state index in [1.54, 1.807) is 6.92 Å². The Hall–Kier alpha value is -3.77. The lowest BCUT2D eigenvalue weighted by atomic mass is 9.92. The van der Waals surface area contributed by atoms with Crippen molar-refractivity contribution in [3.8, 4) is 17.0 Å². The van der Waals surface area contributed by atoms with Gasteiger partial charge < -0.3 is 25.1 Å². The minimum Gasteiger partial charge on any atom is -0.490 e. The summed E-state index contributed by atoms with van der Waals surface area (Å²) in [5.41, 5.74) is 13.5. The molecule has 190 valence electrons. The number of carbonyl (C=O) groups is 1. The number of nitrogens with zero attached hydrogens (tertiary/aromatic N) is 1. The zero-order chi connectivity index (χ0) is 25.4. The fourth-order valence-electron chi connectivity index (χ4n) is 5.39. The number of nitrogens with one attached hydrogen (secondary N) is 1. The Morgan fingerprint density at radius 2 is 1.76 bits per heavy atom. The van der Waals surface area contributed by atoms with Crippen LogP contribution in [0.2, 0.25) is 0 Å². The summed E-state index contributed by atoms with van der Waals surface area (Å²) in [6.07, 6.45) is 5.61. The van der Waals surface area contributed by atoms with E-state index < -0.39 is 0 Å². The molecule has 2 heterocycles. The molecule has 0 radical (unpaired) electrons. The second-order valence-corrected chi connectivity index (χ2v) is 10.2. The Kier molecular flexibility index (Phi) is 6.35. The summed E-state index contributed by atoms with van der Waals surface area (Å²) in [6, 6.07) is 22.7. The quantitative estimate of drug-likeness (QED) is 0.267. The Morgan fingerprint density at radius 3 is 2.46 bits per heavy atom. The molecule has 2 fully saturated rings. The van der Waals surface area contributed by atoms with Crippen molar-refractivity contribution in [1.29, 1.82) is 0 Å². The van der Waals surface area contributed by atoms with E-state index in [9.17, 15) is 4.79 Å². The van der Waals surface area contributed by atoms with Gasteiger partial charge in [0.25, 0.3) is 0 Å². The van der Waals surface area contributed by atoms with E-state index in [1.807, 2.05) is 30.3 Å². The SMILES string of the molecule is CC(=O)c1cccc(Nc2ccc(-c3c(N)c4ccc(OC5CCOCC5)cc4n3C3CCC3)cc2)c1. The van der Waals surface area contributed by atoms with Gasteiger partial charge in [0.2, 0.25) is 0 Å². The molecule has 0 amide bonds. The maximum Gasteiger partial charge on any atom is 0.159 e. The summed E-state index contributed by atoms with van der Waals surface area (Å²) in [5, 5.41) is 4.48. The Bertz CT molecular complexity index is 1430. The smallest absolute Gasteiger partial charge is 0.159 e. The summed E-state index contributed by atoms with van der Waals surface area (Å²) in [7, 11) is 0. The summed E-state index contributed by atoms with van der Waals surface area (Å²) in [4.78, 5) is 11.7. The van der Waals surface area contributed by atoms with E-state index in [1.165, 1.54) is 6.42 Å². The van der Waals surface area contributed by atoms with Gasteiger partial charge in [0, 0.05) is 52.8 Å². The first kappa shape index (κ1) is 23.6. The van der Waals surface area contributed by atoms with Gasteiger partial charge in [-0.2, -0.15) is 0 Å². The Morgan fingerprint density at radius 1 is 0.973 bits per heavy atom. The first-order valence-electron chi connectivity index (χ1n) is 13.2. The van der Waals surface area contributed by atoms with Crippen molar-refractivity contribution in [3.63, 3.8) is 0 Å². The third-order valence-corrected chi connectivity index (χ3v) is 7.64. The first-order valence-corrected chi connectivity index (χ1v) is 13.2. The number of aromatic nitrogens is 1. The maximum absolute atomic E-state index is 11.7. The van der Waals surface area contributed by atoms with Crippen molar-refractivity contribution in [2.24, 2.45) is 0 Å². The van der Waals surface area contributed by atoms with E-state index in [-0.39, 0.29) is 11.9 Å². The topological polar surface area (TPSA) is 78.5 Å². The number of ketones is 1. The lowest BCUT2D eigenvalue weighted by Crippen LogP contribution is -2.25. The van der Waals surface area contributed by atoms with Crippen LogP contribution >= 0.6 is 0 Å². The van der Waals surface area contributed by atoms with Crippen LogP contribution in [0.4, 0.5) is 17.1 Å². The predicted molar refractivity (Wildman–Crippen MR) is 149 cm³/mol. The third kappa shape index (κ3) is 4.69. The van der Waals surface area contributed by atoms with Crippen molar-refractivity contribution >= 4 is 33.7 Å². The number of hydrogen-bond acceptors (Lipinski definition) is 5. The molecule has 1 aromatic heterocycles. The van der Waals surface area contributed by atoms with Crippen LogP contribution in [0.15, 0.2) is 66.7 Å². The molecule has 6 heteroatoms. The van der Waals surface area contributed by atoms with Gasteiger partial charge in [-0.25, -0.2) is 0 Å². The molecule has 1 aliphatic heterocycles. The molecule has 1 aliphatic carbocycles. The molecule has 1 saturated heterocycles. The van der Waals surface area contributed by atoms with Gasteiger partial charge in [0.1, 0.15) is 11.9 Å². The molecule has 3 N–H and O–H groups in total. The highest BCUT2D eigenvalue weighted by Crippen LogP contribution is 2.45. The lowest BCUT2D eigenvalue weighted by Gasteiger charge is -2.30. The number of fused-ring (bicyclic) bond motifs is 1. The van der Waals surface area contributed by atoms with Crippen LogP contribution in [0.5, 0.6) is 5.75 Å². The van der Waals surface area contributed by atoms with Crippen LogP contribution in [0.1, 0.15) is 55.4 Å². The van der Waals surface area contributed by atoms with Crippen molar-refractivity contribution < 1.29 is 14.3 Å². The van der Waals surface area contributed by atoms with Crippen LogP contribution in [-0.4, -0.2) is 29.7 Å². The second-order valence-electron chi connectivity index (χ2n) is 10.2. The molecular formula is C31H33N3O3. The lowest BCUT2D eigenvalue weighted by molar-refractivity contribution is 0.0256. The average molecular weight is 496 g/mol. The van der Waals surface area contributed by atoms with E-state index in [4.69, 9.17) is 15.2 Å². The van der Waals surface area contributed by atoms with Crippen LogP contribution in [0.25, 0.3) is 22.2 Å². The second kappa shape index (κ2) is 9.94. The summed E-state index contributed by atoms with van der Waals surface area (Å²) >= 11 is 0. The highest BCUT2D eigenvalue weighted by Gasteiger charge is 2.27. The van der Waals surface area contributed by atoms with Crippen molar-refractivity contribution in [3.05, 3.63) is 72.3 Å². The number of hydrogen-bond donors (Lipinski definition) is 2. The molecule has 6 nitrogen and oxygen atoms in total. The molecule has 4 aromatic rings. The molecule has 0 unspecified atom stereocenters. The van der Waals surface area contributed by atoms with E-state index in [0.717, 1.165) is 83.9 Å². The molecule has 1 saturated carbocycles. The molecule has 0 spiro atoms. The number of nitrogens with two attached hydrogens (primary N) is 1. The number of Topliss-reactive ketones (excluding diaryl/α,β-unsaturated/α-hetero) is 1. The summed E-state index contributed by atoms with van der Waals surface area (Å²) < 4.78 is 14.3. The fraction of sp³-hybridized carbons (Fsp3) is 0.323. The van der Waals surface area contributed by atoms with Gasteiger partial charge >= 0.3 is 0 Å². The van der Waals surface area contributed by atoms with Crippen molar-refractivity contribution in [1.82, 2.24) is 4.57 Å². The number of rotatable bonds is 7. The first-order chi connectivity index (χ1) is 18.1. The summed E-state index contributed by atoms with van der Waals surface area (Å²) in [6.45, 7) is 3.10. The van der Waals surface area contributed by atoms with Gasteiger partial charge in [-0.3, -0.25) is 4.79 Å². The van der Waals surface area contributed by atoms with Gasteiger partial charge in [0.05, 0.1) is 30.1 Å². The van der Waals surface area contributed by atoms with Gasteiger partial charge in [-0.05, 0) is 62.6 Å². The maximum atomic E-state index is 11.7. The zero-order valence-corrected chi connectivity index (χ0v) is 21.2. The zero-order valence-electron chi connectivity index (χ0n) is 21.2. The van der Waals surface area contributed by atoms with E-state index in [2.05, 4.69) is 46.3 Å². The molecule has 0 bridgehead atoms. The largest absolute Gasteiger partial charge is 0.490 e. The van der Waals surface area contributed by atoms with Crippen LogP contribution in [-0.2, 0) is 4.74 Å². The molecule has 0 atom stereocenters. The highest BCUT2D eigenvalue weighted by molar-refractivity contribution is 6.01. The van der Waals surface area contributed by atoms with Gasteiger partial charge in [0.15, 0.2) is 5.78 Å². The Labute approximate surface area is 217 Å². The molecule has 6 rings (SSSR count). The minimum atomic E-state index is 0.0552. The molecule has 37 heavy (non-hydrogen) atoms.